The number of piperidine rings is 1. The molecule has 2 fully saturated rings. The zero-order chi connectivity index (χ0) is 19.1. The van der Waals surface area contributed by atoms with Gasteiger partial charge >= 0.3 is 0 Å². The molecule has 0 spiro atoms. The van der Waals surface area contributed by atoms with E-state index in [2.05, 4.69) is 22.1 Å². The van der Waals surface area contributed by atoms with Gasteiger partial charge in [-0.3, -0.25) is 9.89 Å². The van der Waals surface area contributed by atoms with E-state index in [1.54, 1.807) is 4.52 Å². The monoisotopic (exact) mass is 376 g/mol. The van der Waals surface area contributed by atoms with Crippen LogP contribution in [0.5, 0.6) is 0 Å². The molecule has 0 atom stereocenters. The van der Waals surface area contributed by atoms with Crippen molar-refractivity contribution in [1.82, 2.24) is 14.6 Å². The van der Waals surface area contributed by atoms with Gasteiger partial charge in [-0.15, -0.1) is 0 Å². The maximum Gasteiger partial charge on any atom is 0.276 e. The number of aromatic amines is 1. The summed E-state index contributed by atoms with van der Waals surface area (Å²) in [5.74, 6) is 0.360. The fourth-order valence-electron chi connectivity index (χ4n) is 5.09. The number of aryl methyl sites for hydroxylation is 1. The molecule has 5 heteroatoms. The summed E-state index contributed by atoms with van der Waals surface area (Å²) in [5.41, 5.74) is 5.90. The van der Waals surface area contributed by atoms with E-state index in [0.29, 0.717) is 5.92 Å². The molecule has 1 aliphatic carbocycles. The van der Waals surface area contributed by atoms with Crippen LogP contribution in [-0.2, 0) is 0 Å². The minimum atomic E-state index is 0.0924. The van der Waals surface area contributed by atoms with Crippen molar-refractivity contribution in [1.29, 1.82) is 0 Å². The van der Waals surface area contributed by atoms with Gasteiger partial charge in [-0.1, -0.05) is 43.2 Å². The summed E-state index contributed by atoms with van der Waals surface area (Å²) >= 11 is 0. The molecule has 5 nitrogen and oxygen atoms in total. The number of hydrogen-bond acceptors (Lipinski definition) is 3. The first kappa shape index (κ1) is 17.5. The molecule has 3 aromatic rings. The quantitative estimate of drug-likeness (QED) is 0.724. The summed E-state index contributed by atoms with van der Waals surface area (Å²) in [6, 6.07) is 10.3. The fourth-order valence-corrected chi connectivity index (χ4v) is 5.09. The van der Waals surface area contributed by atoms with E-state index in [9.17, 15) is 4.79 Å². The van der Waals surface area contributed by atoms with Crippen molar-refractivity contribution in [2.24, 2.45) is 0 Å². The lowest BCUT2D eigenvalue weighted by atomic mass is 9.97. The second kappa shape index (κ2) is 7.12. The van der Waals surface area contributed by atoms with Crippen LogP contribution < -0.4 is 10.5 Å². The Morgan fingerprint density at radius 2 is 1.71 bits per heavy atom. The molecule has 1 aliphatic heterocycles. The predicted molar refractivity (Wildman–Crippen MR) is 113 cm³/mol. The number of nitrogens with one attached hydrogen (secondary N) is 1. The van der Waals surface area contributed by atoms with Crippen molar-refractivity contribution in [3.8, 4) is 11.3 Å². The Bertz CT molecular complexity index is 1040. The van der Waals surface area contributed by atoms with Crippen LogP contribution >= 0.6 is 0 Å². The fraction of sp³-hybridized carbons (Fsp3) is 0.478. The number of nitrogens with zero attached hydrogens (tertiary/aromatic N) is 3. The van der Waals surface area contributed by atoms with Gasteiger partial charge in [0.1, 0.15) is 5.69 Å². The van der Waals surface area contributed by atoms with Crippen molar-refractivity contribution in [2.75, 3.05) is 18.0 Å². The molecule has 5 rings (SSSR count). The number of fused-ring (bicyclic) bond motifs is 1. The third-order valence-electron chi connectivity index (χ3n) is 6.48. The maximum atomic E-state index is 13.5. The highest BCUT2D eigenvalue weighted by Gasteiger charge is 2.28. The number of benzene rings is 1. The van der Waals surface area contributed by atoms with E-state index in [-0.39, 0.29) is 5.56 Å². The molecule has 1 N–H and O–H groups in total. The number of hydrogen-bond donors (Lipinski definition) is 1. The van der Waals surface area contributed by atoms with Gasteiger partial charge in [0.2, 0.25) is 0 Å². The van der Waals surface area contributed by atoms with Crippen LogP contribution in [0.25, 0.3) is 16.9 Å². The highest BCUT2D eigenvalue weighted by atomic mass is 16.1. The summed E-state index contributed by atoms with van der Waals surface area (Å²) in [6.07, 6.45) is 8.29. The Morgan fingerprint density at radius 3 is 2.43 bits per heavy atom. The van der Waals surface area contributed by atoms with E-state index in [1.807, 2.05) is 25.1 Å². The molecule has 146 valence electrons. The molecular weight excluding hydrogens is 348 g/mol. The molecule has 3 heterocycles. The van der Waals surface area contributed by atoms with Crippen LogP contribution in [0.3, 0.4) is 0 Å². The Balaban J connectivity index is 1.75. The number of rotatable bonds is 3. The van der Waals surface area contributed by atoms with Gasteiger partial charge in [0.05, 0.1) is 5.69 Å². The second-order valence-electron chi connectivity index (χ2n) is 8.31. The van der Waals surface area contributed by atoms with Crippen LogP contribution in [-0.4, -0.2) is 27.7 Å². The molecule has 0 radical (unpaired) electrons. The smallest absolute Gasteiger partial charge is 0.276 e. The van der Waals surface area contributed by atoms with Gasteiger partial charge in [0, 0.05) is 29.9 Å². The van der Waals surface area contributed by atoms with E-state index in [4.69, 9.17) is 4.98 Å². The third-order valence-corrected chi connectivity index (χ3v) is 6.48. The van der Waals surface area contributed by atoms with E-state index in [0.717, 1.165) is 59.8 Å². The van der Waals surface area contributed by atoms with Crippen molar-refractivity contribution in [2.45, 2.75) is 57.8 Å². The average molecular weight is 377 g/mol. The molecule has 1 saturated carbocycles. The second-order valence-corrected chi connectivity index (χ2v) is 8.31. The zero-order valence-corrected chi connectivity index (χ0v) is 16.6. The summed E-state index contributed by atoms with van der Waals surface area (Å²) in [5, 5.41) is 3.44. The van der Waals surface area contributed by atoms with Crippen LogP contribution in [0, 0.1) is 6.92 Å². The van der Waals surface area contributed by atoms with E-state index < -0.39 is 0 Å². The van der Waals surface area contributed by atoms with Gasteiger partial charge in [-0.05, 0) is 44.9 Å². The van der Waals surface area contributed by atoms with Gasteiger partial charge in [0.25, 0.3) is 5.56 Å². The van der Waals surface area contributed by atoms with Crippen molar-refractivity contribution < 1.29 is 0 Å². The van der Waals surface area contributed by atoms with Crippen LogP contribution in [0.2, 0.25) is 0 Å². The van der Waals surface area contributed by atoms with Gasteiger partial charge in [0.15, 0.2) is 5.65 Å². The first-order valence-corrected chi connectivity index (χ1v) is 10.7. The molecule has 1 saturated heterocycles. The topological polar surface area (TPSA) is 53.4 Å². The number of anilines is 1. The molecular formula is C23H28N4O. The van der Waals surface area contributed by atoms with Gasteiger partial charge < -0.3 is 4.90 Å². The third kappa shape index (κ3) is 2.84. The summed E-state index contributed by atoms with van der Waals surface area (Å²) in [4.78, 5) is 20.9. The van der Waals surface area contributed by atoms with Crippen LogP contribution in [0.15, 0.2) is 35.1 Å². The minimum Gasteiger partial charge on any atom is -0.367 e. The highest BCUT2D eigenvalue weighted by Crippen LogP contribution is 2.37. The first-order valence-electron chi connectivity index (χ1n) is 10.7. The zero-order valence-electron chi connectivity index (χ0n) is 16.6. The Labute approximate surface area is 165 Å². The molecule has 0 unspecified atom stereocenters. The first-order chi connectivity index (χ1) is 13.7. The van der Waals surface area contributed by atoms with Crippen molar-refractivity contribution in [3.05, 3.63) is 51.9 Å². The standard InChI is InChI=1S/C23H28N4O/c1-16-19(17-10-6-7-11-17)23(28)27-22(24-16)21(26-14-8-3-9-15-26)20(25-27)18-12-4-2-5-13-18/h2,4-5,12-13,17,25H,3,6-11,14-15H2,1H3. The molecule has 2 aromatic heterocycles. The Hall–Kier alpha value is -2.56. The van der Waals surface area contributed by atoms with Crippen LogP contribution in [0.4, 0.5) is 5.69 Å². The van der Waals surface area contributed by atoms with Gasteiger partial charge in [-0.2, -0.15) is 4.52 Å². The number of H-pyrrole nitrogens is 1. The van der Waals surface area contributed by atoms with E-state index >= 15 is 0 Å². The lowest BCUT2D eigenvalue weighted by Gasteiger charge is -2.28. The maximum absolute atomic E-state index is 13.5. The molecule has 2 aliphatic rings. The van der Waals surface area contributed by atoms with Crippen LogP contribution in [0.1, 0.15) is 62.1 Å². The summed E-state index contributed by atoms with van der Waals surface area (Å²) < 4.78 is 1.72. The lowest BCUT2D eigenvalue weighted by Crippen LogP contribution is -2.30. The van der Waals surface area contributed by atoms with Crippen molar-refractivity contribution in [3.63, 3.8) is 0 Å². The lowest BCUT2D eigenvalue weighted by molar-refractivity contribution is 0.579. The van der Waals surface area contributed by atoms with Crippen molar-refractivity contribution >= 4 is 11.3 Å². The van der Waals surface area contributed by atoms with E-state index in [1.165, 1.54) is 32.1 Å². The normalized spacial score (nSPS) is 18.2. The largest absolute Gasteiger partial charge is 0.367 e. The Morgan fingerprint density at radius 1 is 1.00 bits per heavy atom. The molecule has 0 bridgehead atoms. The SMILES string of the molecule is Cc1nc2c(N3CCCCC3)c(-c3ccccc3)[nH]n2c(=O)c1C1CCCC1. The molecule has 1 aromatic carbocycles. The average Bonchev–Trinajstić information content (AvgIpc) is 3.38. The molecule has 0 amide bonds. The van der Waals surface area contributed by atoms with Gasteiger partial charge in [-0.25, -0.2) is 4.98 Å². The minimum absolute atomic E-state index is 0.0924. The predicted octanol–water partition coefficient (Wildman–Crippen LogP) is 4.65. The Kier molecular flexibility index (Phi) is 4.46. The summed E-state index contributed by atoms with van der Waals surface area (Å²) in [6.45, 7) is 4.06. The highest BCUT2D eigenvalue weighted by molar-refractivity contribution is 5.86. The molecule has 28 heavy (non-hydrogen) atoms. The number of aromatic nitrogens is 3. The summed E-state index contributed by atoms with van der Waals surface area (Å²) in [7, 11) is 0.